The molecule has 1 saturated carbocycles. The van der Waals surface area contributed by atoms with Gasteiger partial charge in [-0.25, -0.2) is 4.98 Å². The molecule has 0 aliphatic heterocycles. The summed E-state index contributed by atoms with van der Waals surface area (Å²) in [4.78, 5) is 20.0. The third kappa shape index (κ3) is 3.04. The lowest BCUT2D eigenvalue weighted by Gasteiger charge is -2.16. The number of hydrogen-bond donors (Lipinski definition) is 2. The van der Waals surface area contributed by atoms with E-state index in [9.17, 15) is 4.79 Å². The fraction of sp³-hybridized carbons (Fsp3) is 0.300. The second-order valence-corrected chi connectivity index (χ2v) is 6.62. The van der Waals surface area contributed by atoms with Gasteiger partial charge in [0, 0.05) is 24.8 Å². The smallest absolute Gasteiger partial charge is 0.220 e. The predicted octanol–water partition coefficient (Wildman–Crippen LogP) is 3.34. The van der Waals surface area contributed by atoms with Gasteiger partial charge < -0.3 is 10.3 Å². The molecule has 4 nitrogen and oxygen atoms in total. The minimum absolute atomic E-state index is 0.0951. The monoisotopic (exact) mass is 319 g/mol. The van der Waals surface area contributed by atoms with E-state index in [0.717, 1.165) is 36.2 Å². The highest BCUT2D eigenvalue weighted by atomic mass is 16.1. The van der Waals surface area contributed by atoms with Gasteiger partial charge >= 0.3 is 0 Å². The van der Waals surface area contributed by atoms with Gasteiger partial charge in [0.1, 0.15) is 5.82 Å². The highest BCUT2D eigenvalue weighted by Gasteiger charge is 2.44. The molecule has 3 aromatic rings. The SMILES string of the molecule is O=C(CCc1nc2ccccc2[nH]1)NCC1(c2ccccc2)CC1. The third-order valence-electron chi connectivity index (χ3n) is 4.89. The van der Waals surface area contributed by atoms with Crippen molar-refractivity contribution in [2.75, 3.05) is 6.54 Å². The van der Waals surface area contributed by atoms with Crippen molar-refractivity contribution in [2.24, 2.45) is 0 Å². The molecule has 1 fully saturated rings. The molecule has 0 unspecified atom stereocenters. The van der Waals surface area contributed by atoms with Gasteiger partial charge in [-0.2, -0.15) is 0 Å². The quantitative estimate of drug-likeness (QED) is 0.732. The van der Waals surface area contributed by atoms with Gasteiger partial charge in [0.25, 0.3) is 0 Å². The Kier molecular flexibility index (Phi) is 3.81. The Morgan fingerprint density at radius 2 is 1.83 bits per heavy atom. The highest BCUT2D eigenvalue weighted by molar-refractivity contribution is 5.77. The minimum atomic E-state index is 0.0951. The van der Waals surface area contributed by atoms with Crippen molar-refractivity contribution in [1.29, 1.82) is 0 Å². The van der Waals surface area contributed by atoms with Crippen LogP contribution in [0.3, 0.4) is 0 Å². The molecule has 122 valence electrons. The molecule has 2 N–H and O–H groups in total. The van der Waals surface area contributed by atoms with Crippen molar-refractivity contribution in [1.82, 2.24) is 15.3 Å². The molecule has 1 aliphatic carbocycles. The maximum absolute atomic E-state index is 12.2. The van der Waals surface area contributed by atoms with E-state index < -0.39 is 0 Å². The van der Waals surface area contributed by atoms with Crippen LogP contribution in [-0.2, 0) is 16.6 Å². The summed E-state index contributed by atoms with van der Waals surface area (Å²) in [5.41, 5.74) is 3.47. The van der Waals surface area contributed by atoms with E-state index in [0.29, 0.717) is 12.8 Å². The lowest BCUT2D eigenvalue weighted by Crippen LogP contribution is -2.32. The first kappa shape index (κ1) is 14.9. The third-order valence-corrected chi connectivity index (χ3v) is 4.89. The van der Waals surface area contributed by atoms with Crippen LogP contribution in [0, 0.1) is 0 Å². The number of aryl methyl sites for hydroxylation is 1. The topological polar surface area (TPSA) is 57.8 Å². The van der Waals surface area contributed by atoms with Crippen molar-refractivity contribution in [3.05, 3.63) is 66.0 Å². The number of carbonyl (C=O) groups is 1. The van der Waals surface area contributed by atoms with Crippen LogP contribution in [0.25, 0.3) is 11.0 Å². The fourth-order valence-electron chi connectivity index (χ4n) is 3.22. The van der Waals surface area contributed by atoms with Gasteiger partial charge in [0.05, 0.1) is 11.0 Å². The summed E-state index contributed by atoms with van der Waals surface area (Å²) in [6, 6.07) is 18.4. The van der Waals surface area contributed by atoms with Gasteiger partial charge in [-0.3, -0.25) is 4.79 Å². The number of amides is 1. The number of para-hydroxylation sites is 2. The number of hydrogen-bond acceptors (Lipinski definition) is 2. The molecule has 4 rings (SSSR count). The molecule has 0 saturated heterocycles. The Labute approximate surface area is 141 Å². The maximum Gasteiger partial charge on any atom is 0.220 e. The number of rotatable bonds is 6. The number of benzene rings is 2. The van der Waals surface area contributed by atoms with Gasteiger partial charge in [-0.15, -0.1) is 0 Å². The number of imidazole rings is 1. The molecular weight excluding hydrogens is 298 g/mol. The number of H-pyrrole nitrogens is 1. The van der Waals surface area contributed by atoms with E-state index in [1.54, 1.807) is 0 Å². The standard InChI is InChI=1S/C20H21N3O/c24-19(11-10-18-22-16-8-4-5-9-17(16)23-18)21-14-20(12-13-20)15-6-2-1-3-7-15/h1-9H,10-14H2,(H,21,24)(H,22,23). The van der Waals surface area contributed by atoms with E-state index in [2.05, 4.69) is 39.6 Å². The molecule has 2 aromatic carbocycles. The Morgan fingerprint density at radius 1 is 1.08 bits per heavy atom. The largest absolute Gasteiger partial charge is 0.355 e. The molecule has 1 aromatic heterocycles. The predicted molar refractivity (Wildman–Crippen MR) is 94.8 cm³/mol. The Hall–Kier alpha value is -2.62. The summed E-state index contributed by atoms with van der Waals surface area (Å²) < 4.78 is 0. The molecule has 1 heterocycles. The maximum atomic E-state index is 12.2. The molecule has 0 atom stereocenters. The number of fused-ring (bicyclic) bond motifs is 1. The van der Waals surface area contributed by atoms with Crippen LogP contribution >= 0.6 is 0 Å². The second-order valence-electron chi connectivity index (χ2n) is 6.62. The number of nitrogens with zero attached hydrogens (tertiary/aromatic N) is 1. The summed E-state index contributed by atoms with van der Waals surface area (Å²) in [6.45, 7) is 0.732. The summed E-state index contributed by atoms with van der Waals surface area (Å²) >= 11 is 0. The summed E-state index contributed by atoms with van der Waals surface area (Å²) in [5, 5.41) is 3.11. The van der Waals surface area contributed by atoms with Crippen molar-refractivity contribution >= 4 is 16.9 Å². The molecule has 24 heavy (non-hydrogen) atoms. The Morgan fingerprint density at radius 3 is 2.58 bits per heavy atom. The van der Waals surface area contributed by atoms with E-state index in [4.69, 9.17) is 0 Å². The lowest BCUT2D eigenvalue weighted by atomic mass is 9.96. The first-order valence-corrected chi connectivity index (χ1v) is 8.51. The van der Waals surface area contributed by atoms with Crippen LogP contribution in [0.1, 0.15) is 30.7 Å². The van der Waals surface area contributed by atoms with E-state index in [1.807, 2.05) is 30.3 Å². The molecule has 0 bridgehead atoms. The van der Waals surface area contributed by atoms with Crippen LogP contribution in [0.2, 0.25) is 0 Å². The number of aromatic amines is 1. The molecule has 0 radical (unpaired) electrons. The van der Waals surface area contributed by atoms with Crippen LogP contribution in [0.5, 0.6) is 0 Å². The van der Waals surface area contributed by atoms with Crippen LogP contribution in [-0.4, -0.2) is 22.4 Å². The van der Waals surface area contributed by atoms with Gasteiger partial charge in [0.15, 0.2) is 0 Å². The normalized spacial score (nSPS) is 15.3. The van der Waals surface area contributed by atoms with Gasteiger partial charge in [-0.1, -0.05) is 42.5 Å². The van der Waals surface area contributed by atoms with Crippen LogP contribution < -0.4 is 5.32 Å². The average Bonchev–Trinajstić information content (AvgIpc) is 3.30. The van der Waals surface area contributed by atoms with Crippen LogP contribution in [0.15, 0.2) is 54.6 Å². The van der Waals surface area contributed by atoms with Crippen molar-refractivity contribution in [3.63, 3.8) is 0 Å². The van der Waals surface area contributed by atoms with E-state index in [1.165, 1.54) is 5.56 Å². The fourth-order valence-corrected chi connectivity index (χ4v) is 3.22. The summed E-state index contributed by atoms with van der Waals surface area (Å²) in [6.07, 6.45) is 3.41. The molecular formula is C20H21N3O. The molecule has 0 spiro atoms. The first-order valence-electron chi connectivity index (χ1n) is 8.51. The van der Waals surface area contributed by atoms with E-state index in [-0.39, 0.29) is 11.3 Å². The zero-order chi connectivity index (χ0) is 16.4. The van der Waals surface area contributed by atoms with Crippen molar-refractivity contribution in [3.8, 4) is 0 Å². The highest BCUT2D eigenvalue weighted by Crippen LogP contribution is 2.47. The lowest BCUT2D eigenvalue weighted by molar-refractivity contribution is -0.121. The number of aromatic nitrogens is 2. The minimum Gasteiger partial charge on any atom is -0.355 e. The first-order chi connectivity index (χ1) is 11.8. The zero-order valence-electron chi connectivity index (χ0n) is 13.6. The molecule has 4 heteroatoms. The van der Waals surface area contributed by atoms with Gasteiger partial charge in [-0.05, 0) is 30.5 Å². The zero-order valence-corrected chi connectivity index (χ0v) is 13.6. The van der Waals surface area contributed by atoms with E-state index >= 15 is 0 Å². The summed E-state index contributed by atoms with van der Waals surface area (Å²) in [7, 11) is 0. The summed E-state index contributed by atoms with van der Waals surface area (Å²) in [5.74, 6) is 0.966. The van der Waals surface area contributed by atoms with Gasteiger partial charge in [0.2, 0.25) is 5.91 Å². The number of nitrogens with one attached hydrogen (secondary N) is 2. The molecule has 1 aliphatic rings. The Balaban J connectivity index is 1.31. The average molecular weight is 319 g/mol. The van der Waals surface area contributed by atoms with Crippen LogP contribution in [0.4, 0.5) is 0 Å². The molecule has 1 amide bonds. The second kappa shape index (κ2) is 6.11. The van der Waals surface area contributed by atoms with Crippen molar-refractivity contribution < 1.29 is 4.79 Å². The number of carbonyl (C=O) groups excluding carboxylic acids is 1. The van der Waals surface area contributed by atoms with Crippen molar-refractivity contribution in [2.45, 2.75) is 31.1 Å². The Bertz CT molecular complexity index is 816.